The quantitative estimate of drug-likeness (QED) is 0.319. The monoisotopic (exact) mass is 484 g/mol. The van der Waals surface area contributed by atoms with Crippen molar-refractivity contribution < 1.29 is 14.3 Å². The van der Waals surface area contributed by atoms with Crippen LogP contribution in [0, 0.1) is 0 Å². The Morgan fingerprint density at radius 3 is 2.50 bits per heavy atom. The smallest absolute Gasteiger partial charge is 0.246 e. The molecule has 2 aliphatic rings. The SMILES string of the molecule is O=C(C=Cc1ccccc1OCCCN1CCC(c2ccc3ccccc3c2)CC1)N1CCOCC1. The zero-order valence-corrected chi connectivity index (χ0v) is 21.0. The van der Waals surface area contributed by atoms with Gasteiger partial charge in [-0.15, -0.1) is 0 Å². The van der Waals surface area contributed by atoms with Gasteiger partial charge in [-0.2, -0.15) is 0 Å². The van der Waals surface area contributed by atoms with Gasteiger partial charge in [-0.25, -0.2) is 0 Å². The van der Waals surface area contributed by atoms with Gasteiger partial charge in [-0.3, -0.25) is 4.79 Å². The number of piperidine rings is 1. The molecule has 5 rings (SSSR count). The summed E-state index contributed by atoms with van der Waals surface area (Å²) in [6, 6.07) is 23.5. The number of benzene rings is 3. The van der Waals surface area contributed by atoms with Crippen LogP contribution in [-0.2, 0) is 9.53 Å². The minimum absolute atomic E-state index is 0.0280. The molecule has 1 amide bonds. The summed E-state index contributed by atoms with van der Waals surface area (Å²) in [7, 11) is 0. The number of fused-ring (bicyclic) bond motifs is 1. The Morgan fingerprint density at radius 2 is 1.67 bits per heavy atom. The van der Waals surface area contributed by atoms with Crippen molar-refractivity contribution in [3.05, 3.63) is 83.9 Å². The Morgan fingerprint density at radius 1 is 0.917 bits per heavy atom. The van der Waals surface area contributed by atoms with Crippen molar-refractivity contribution in [3.8, 4) is 5.75 Å². The van der Waals surface area contributed by atoms with Crippen LogP contribution in [0.2, 0.25) is 0 Å². The van der Waals surface area contributed by atoms with E-state index in [1.165, 1.54) is 29.2 Å². The largest absolute Gasteiger partial charge is 0.493 e. The first-order valence-corrected chi connectivity index (χ1v) is 13.2. The molecule has 3 aromatic rings. The van der Waals surface area contributed by atoms with Crippen LogP contribution >= 0.6 is 0 Å². The van der Waals surface area contributed by atoms with Gasteiger partial charge in [0.2, 0.25) is 5.91 Å². The molecule has 5 nitrogen and oxygen atoms in total. The first kappa shape index (κ1) is 24.5. The third-order valence-electron chi connectivity index (χ3n) is 7.36. The Balaban J connectivity index is 1.06. The fourth-order valence-electron chi connectivity index (χ4n) is 5.22. The summed E-state index contributed by atoms with van der Waals surface area (Å²) in [5, 5.41) is 2.66. The van der Waals surface area contributed by atoms with E-state index in [0.717, 1.165) is 37.4 Å². The number of carbonyl (C=O) groups is 1. The van der Waals surface area contributed by atoms with Gasteiger partial charge >= 0.3 is 0 Å². The fourth-order valence-corrected chi connectivity index (χ4v) is 5.22. The Bertz CT molecular complexity index is 1180. The van der Waals surface area contributed by atoms with Crippen molar-refractivity contribution in [1.29, 1.82) is 0 Å². The maximum absolute atomic E-state index is 12.4. The Hall–Kier alpha value is -3.15. The van der Waals surface area contributed by atoms with Crippen molar-refractivity contribution in [2.75, 3.05) is 52.5 Å². The number of hydrogen-bond donors (Lipinski definition) is 0. The van der Waals surface area contributed by atoms with Gasteiger partial charge < -0.3 is 19.3 Å². The lowest BCUT2D eigenvalue weighted by molar-refractivity contribution is -0.129. The summed E-state index contributed by atoms with van der Waals surface area (Å²) in [5.41, 5.74) is 2.42. The number of carbonyl (C=O) groups excluding carboxylic acids is 1. The molecule has 188 valence electrons. The van der Waals surface area contributed by atoms with E-state index in [1.807, 2.05) is 35.2 Å². The first-order valence-electron chi connectivity index (χ1n) is 13.2. The number of ether oxygens (including phenoxy) is 2. The predicted octanol–water partition coefficient (Wildman–Crippen LogP) is 5.36. The molecular formula is C31H36N2O3. The van der Waals surface area contributed by atoms with Gasteiger partial charge in [0, 0.05) is 31.3 Å². The normalized spacial score (nSPS) is 17.6. The lowest BCUT2D eigenvalue weighted by Crippen LogP contribution is -2.39. The van der Waals surface area contributed by atoms with E-state index < -0.39 is 0 Å². The van der Waals surface area contributed by atoms with Crippen molar-refractivity contribution in [2.24, 2.45) is 0 Å². The summed E-state index contributed by atoms with van der Waals surface area (Å²) in [5.74, 6) is 1.51. The molecule has 36 heavy (non-hydrogen) atoms. The fraction of sp³-hybridized carbons (Fsp3) is 0.387. The molecule has 0 bridgehead atoms. The minimum atomic E-state index is 0.0280. The van der Waals surface area contributed by atoms with Crippen LogP contribution in [-0.4, -0.2) is 68.3 Å². The van der Waals surface area contributed by atoms with Crippen LogP contribution < -0.4 is 4.74 Å². The van der Waals surface area contributed by atoms with Gasteiger partial charge in [0.15, 0.2) is 0 Å². The number of hydrogen-bond acceptors (Lipinski definition) is 4. The van der Waals surface area contributed by atoms with E-state index in [4.69, 9.17) is 9.47 Å². The maximum Gasteiger partial charge on any atom is 0.246 e. The molecule has 2 saturated heterocycles. The second-order valence-electron chi connectivity index (χ2n) is 9.73. The van der Waals surface area contributed by atoms with E-state index in [2.05, 4.69) is 47.4 Å². The third kappa shape index (κ3) is 6.34. The molecule has 2 heterocycles. The molecule has 2 aliphatic heterocycles. The summed E-state index contributed by atoms with van der Waals surface area (Å²) in [6.07, 6.45) is 6.93. The van der Waals surface area contributed by atoms with Gasteiger partial charge in [0.1, 0.15) is 5.75 Å². The lowest BCUT2D eigenvalue weighted by atomic mass is 9.88. The van der Waals surface area contributed by atoms with Gasteiger partial charge in [0.25, 0.3) is 0 Å². The van der Waals surface area contributed by atoms with Gasteiger partial charge in [-0.05, 0) is 66.7 Å². The molecule has 0 saturated carbocycles. The zero-order chi connectivity index (χ0) is 24.6. The lowest BCUT2D eigenvalue weighted by Gasteiger charge is -2.32. The molecule has 0 aromatic heterocycles. The van der Waals surface area contributed by atoms with E-state index in [1.54, 1.807) is 6.08 Å². The molecule has 0 N–H and O–H groups in total. The predicted molar refractivity (Wildman–Crippen MR) is 145 cm³/mol. The molecule has 0 radical (unpaired) electrons. The highest BCUT2D eigenvalue weighted by Crippen LogP contribution is 2.30. The van der Waals surface area contributed by atoms with Crippen molar-refractivity contribution in [1.82, 2.24) is 9.80 Å². The molecule has 2 fully saturated rings. The molecule has 0 spiro atoms. The molecule has 5 heteroatoms. The minimum Gasteiger partial charge on any atom is -0.493 e. The molecule has 0 atom stereocenters. The highest BCUT2D eigenvalue weighted by molar-refractivity contribution is 5.92. The molecule has 3 aromatic carbocycles. The van der Waals surface area contributed by atoms with Crippen LogP contribution in [0.25, 0.3) is 16.8 Å². The molecular weight excluding hydrogens is 448 g/mol. The number of amides is 1. The van der Waals surface area contributed by atoms with Crippen molar-refractivity contribution >= 4 is 22.8 Å². The topological polar surface area (TPSA) is 42.0 Å². The Labute approximate surface area is 214 Å². The second-order valence-corrected chi connectivity index (χ2v) is 9.73. The standard InChI is InChI=1S/C31H36N2O3/c34-31(33-19-22-35-23-20-33)13-12-27-7-3-4-9-30(27)36-21-5-16-32-17-14-26(15-18-32)29-11-10-25-6-1-2-8-28(25)24-29/h1-4,6-13,24,26H,5,14-23H2. The average molecular weight is 485 g/mol. The van der Waals surface area contributed by atoms with Crippen LogP contribution in [0.5, 0.6) is 5.75 Å². The summed E-state index contributed by atoms with van der Waals surface area (Å²) in [6.45, 7) is 6.54. The van der Waals surface area contributed by atoms with Crippen molar-refractivity contribution in [2.45, 2.75) is 25.2 Å². The van der Waals surface area contributed by atoms with Crippen LogP contribution in [0.1, 0.15) is 36.3 Å². The first-order chi connectivity index (χ1) is 17.8. The summed E-state index contributed by atoms with van der Waals surface area (Å²) < 4.78 is 11.4. The third-order valence-corrected chi connectivity index (χ3v) is 7.36. The van der Waals surface area contributed by atoms with Crippen molar-refractivity contribution in [3.63, 3.8) is 0 Å². The molecule has 0 aliphatic carbocycles. The van der Waals surface area contributed by atoms with Crippen LogP contribution in [0.4, 0.5) is 0 Å². The number of morpholine rings is 1. The van der Waals surface area contributed by atoms with Gasteiger partial charge in [0.05, 0.1) is 19.8 Å². The van der Waals surface area contributed by atoms with Crippen LogP contribution in [0.15, 0.2) is 72.8 Å². The van der Waals surface area contributed by atoms with E-state index >= 15 is 0 Å². The number of rotatable bonds is 8. The Kier molecular flexibility index (Phi) is 8.32. The number of likely N-dealkylation sites (tertiary alicyclic amines) is 1. The summed E-state index contributed by atoms with van der Waals surface area (Å²) in [4.78, 5) is 16.8. The number of nitrogens with zero attached hydrogens (tertiary/aromatic N) is 2. The average Bonchev–Trinajstić information content (AvgIpc) is 2.95. The van der Waals surface area contributed by atoms with E-state index in [9.17, 15) is 4.79 Å². The van der Waals surface area contributed by atoms with Crippen LogP contribution in [0.3, 0.4) is 0 Å². The highest BCUT2D eigenvalue weighted by Gasteiger charge is 2.20. The van der Waals surface area contributed by atoms with Gasteiger partial charge in [-0.1, -0.05) is 60.7 Å². The highest BCUT2D eigenvalue weighted by atomic mass is 16.5. The second kappa shape index (κ2) is 12.2. The molecule has 0 unspecified atom stereocenters. The summed E-state index contributed by atoms with van der Waals surface area (Å²) >= 11 is 0. The number of para-hydroxylation sites is 1. The van der Waals surface area contributed by atoms with E-state index in [0.29, 0.717) is 38.8 Å². The maximum atomic E-state index is 12.4. The zero-order valence-electron chi connectivity index (χ0n) is 21.0. The van der Waals surface area contributed by atoms with E-state index in [-0.39, 0.29) is 5.91 Å².